The Morgan fingerprint density at radius 1 is 1.12 bits per heavy atom. The number of piperidine rings is 1. The highest BCUT2D eigenvalue weighted by molar-refractivity contribution is 5.92. The SMILES string of the molecule is CC(C)(O)C1CCCN1CC(=O)Nc1ccc(N2CCCCC2)cc1. The zero-order valence-electron chi connectivity index (χ0n) is 15.5. The number of hydrogen-bond acceptors (Lipinski definition) is 4. The van der Waals surface area contributed by atoms with E-state index in [1.807, 2.05) is 26.0 Å². The van der Waals surface area contributed by atoms with Gasteiger partial charge in [0, 0.05) is 30.5 Å². The first kappa shape index (κ1) is 18.2. The molecule has 0 aromatic heterocycles. The Kier molecular flexibility index (Phi) is 5.64. The molecule has 1 unspecified atom stereocenters. The fraction of sp³-hybridized carbons (Fsp3) is 0.650. The molecule has 2 fully saturated rings. The molecule has 0 saturated carbocycles. The van der Waals surface area contributed by atoms with Gasteiger partial charge in [0.15, 0.2) is 0 Å². The highest BCUT2D eigenvalue weighted by Gasteiger charge is 2.36. The van der Waals surface area contributed by atoms with Crippen molar-refractivity contribution in [3.05, 3.63) is 24.3 Å². The summed E-state index contributed by atoms with van der Waals surface area (Å²) in [7, 11) is 0. The number of hydrogen-bond donors (Lipinski definition) is 2. The van der Waals surface area contributed by atoms with Crippen LogP contribution in [0.1, 0.15) is 46.0 Å². The summed E-state index contributed by atoms with van der Waals surface area (Å²) in [4.78, 5) is 16.9. The van der Waals surface area contributed by atoms with Gasteiger partial charge in [0.25, 0.3) is 0 Å². The van der Waals surface area contributed by atoms with Crippen LogP contribution in [0.4, 0.5) is 11.4 Å². The number of benzene rings is 1. The minimum atomic E-state index is -0.771. The number of rotatable bonds is 5. The lowest BCUT2D eigenvalue weighted by atomic mass is 9.97. The van der Waals surface area contributed by atoms with E-state index in [0.717, 1.165) is 38.2 Å². The number of nitrogens with one attached hydrogen (secondary N) is 1. The Morgan fingerprint density at radius 2 is 1.80 bits per heavy atom. The fourth-order valence-corrected chi connectivity index (χ4v) is 4.11. The first-order chi connectivity index (χ1) is 11.9. The monoisotopic (exact) mass is 345 g/mol. The summed E-state index contributed by atoms with van der Waals surface area (Å²) in [6.07, 6.45) is 5.83. The van der Waals surface area contributed by atoms with E-state index >= 15 is 0 Å². The van der Waals surface area contributed by atoms with E-state index in [-0.39, 0.29) is 11.9 Å². The van der Waals surface area contributed by atoms with Crippen molar-refractivity contribution >= 4 is 17.3 Å². The second-order valence-corrected chi connectivity index (χ2v) is 7.92. The lowest BCUT2D eigenvalue weighted by Gasteiger charge is -2.33. The van der Waals surface area contributed by atoms with Crippen LogP contribution in [-0.4, -0.2) is 53.7 Å². The maximum atomic E-state index is 12.4. The second-order valence-electron chi connectivity index (χ2n) is 7.92. The predicted octanol–water partition coefficient (Wildman–Crippen LogP) is 2.85. The molecule has 2 saturated heterocycles. The van der Waals surface area contributed by atoms with Crippen molar-refractivity contribution in [1.82, 2.24) is 4.90 Å². The lowest BCUT2D eigenvalue weighted by Crippen LogP contribution is -2.48. The highest BCUT2D eigenvalue weighted by Crippen LogP contribution is 2.26. The van der Waals surface area contributed by atoms with Crippen LogP contribution in [0.2, 0.25) is 0 Å². The molecule has 3 rings (SSSR count). The van der Waals surface area contributed by atoms with E-state index in [4.69, 9.17) is 0 Å². The molecule has 5 nitrogen and oxygen atoms in total. The highest BCUT2D eigenvalue weighted by atomic mass is 16.3. The van der Waals surface area contributed by atoms with Gasteiger partial charge in [0.1, 0.15) is 0 Å². The molecule has 0 spiro atoms. The van der Waals surface area contributed by atoms with E-state index in [1.54, 1.807) is 0 Å². The minimum Gasteiger partial charge on any atom is -0.389 e. The molecule has 25 heavy (non-hydrogen) atoms. The first-order valence-electron chi connectivity index (χ1n) is 9.55. The Balaban J connectivity index is 1.54. The van der Waals surface area contributed by atoms with E-state index in [9.17, 15) is 9.90 Å². The second kappa shape index (κ2) is 7.75. The summed E-state index contributed by atoms with van der Waals surface area (Å²) >= 11 is 0. The smallest absolute Gasteiger partial charge is 0.238 e. The van der Waals surface area contributed by atoms with Crippen LogP contribution in [0.3, 0.4) is 0 Å². The van der Waals surface area contributed by atoms with Gasteiger partial charge in [-0.3, -0.25) is 9.69 Å². The maximum Gasteiger partial charge on any atom is 0.238 e. The molecule has 1 amide bonds. The summed E-state index contributed by atoms with van der Waals surface area (Å²) < 4.78 is 0. The molecule has 138 valence electrons. The molecule has 1 aromatic rings. The van der Waals surface area contributed by atoms with Crippen molar-refractivity contribution in [2.45, 2.75) is 57.6 Å². The van der Waals surface area contributed by atoms with Crippen molar-refractivity contribution in [2.75, 3.05) is 36.4 Å². The van der Waals surface area contributed by atoms with Gasteiger partial charge in [-0.05, 0) is 76.8 Å². The van der Waals surface area contributed by atoms with Crippen LogP contribution in [-0.2, 0) is 4.79 Å². The van der Waals surface area contributed by atoms with Gasteiger partial charge in [0.05, 0.1) is 12.1 Å². The van der Waals surface area contributed by atoms with Crippen LogP contribution in [0, 0.1) is 0 Å². The summed E-state index contributed by atoms with van der Waals surface area (Å²) in [6.45, 7) is 7.11. The Morgan fingerprint density at radius 3 is 2.44 bits per heavy atom. The Labute approximate surface area is 151 Å². The van der Waals surface area contributed by atoms with Crippen molar-refractivity contribution in [3.63, 3.8) is 0 Å². The van der Waals surface area contributed by atoms with Crippen LogP contribution >= 0.6 is 0 Å². The molecular weight excluding hydrogens is 314 g/mol. The Bertz CT molecular complexity index is 574. The molecule has 2 aliphatic heterocycles. The summed E-state index contributed by atoms with van der Waals surface area (Å²) in [6, 6.07) is 8.21. The predicted molar refractivity (Wildman–Crippen MR) is 102 cm³/mol. The van der Waals surface area contributed by atoms with Gasteiger partial charge >= 0.3 is 0 Å². The minimum absolute atomic E-state index is 0.0122. The average Bonchev–Trinajstić information content (AvgIpc) is 3.04. The van der Waals surface area contributed by atoms with Crippen LogP contribution in [0.15, 0.2) is 24.3 Å². The quantitative estimate of drug-likeness (QED) is 0.862. The third kappa shape index (κ3) is 4.73. The van der Waals surface area contributed by atoms with Crippen LogP contribution < -0.4 is 10.2 Å². The third-order valence-electron chi connectivity index (χ3n) is 5.40. The summed E-state index contributed by atoms with van der Waals surface area (Å²) in [5.41, 5.74) is 1.30. The summed E-state index contributed by atoms with van der Waals surface area (Å²) in [5.74, 6) is -0.0122. The van der Waals surface area contributed by atoms with E-state index in [0.29, 0.717) is 6.54 Å². The lowest BCUT2D eigenvalue weighted by molar-refractivity contribution is -0.118. The van der Waals surface area contributed by atoms with Crippen LogP contribution in [0.5, 0.6) is 0 Å². The Hall–Kier alpha value is -1.59. The van der Waals surface area contributed by atoms with E-state index < -0.39 is 5.60 Å². The van der Waals surface area contributed by atoms with E-state index in [1.165, 1.54) is 24.9 Å². The average molecular weight is 345 g/mol. The topological polar surface area (TPSA) is 55.8 Å². The van der Waals surface area contributed by atoms with Gasteiger partial charge in [-0.15, -0.1) is 0 Å². The molecule has 5 heteroatoms. The normalized spacial score (nSPS) is 22.2. The summed E-state index contributed by atoms with van der Waals surface area (Å²) in [5, 5.41) is 13.3. The number of nitrogens with zero attached hydrogens (tertiary/aromatic N) is 2. The third-order valence-corrected chi connectivity index (χ3v) is 5.40. The number of aliphatic hydroxyl groups is 1. The largest absolute Gasteiger partial charge is 0.389 e. The van der Waals surface area contributed by atoms with Gasteiger partial charge < -0.3 is 15.3 Å². The van der Waals surface area contributed by atoms with Crippen molar-refractivity contribution in [2.24, 2.45) is 0 Å². The standard InChI is InChI=1S/C20H31N3O2/c1-20(2,25)18-7-6-14-23(18)15-19(24)21-16-8-10-17(11-9-16)22-12-4-3-5-13-22/h8-11,18,25H,3-7,12-15H2,1-2H3,(H,21,24). The molecule has 2 heterocycles. The van der Waals surface area contributed by atoms with Gasteiger partial charge in [-0.1, -0.05) is 0 Å². The molecule has 0 bridgehead atoms. The molecule has 0 aliphatic carbocycles. The maximum absolute atomic E-state index is 12.4. The van der Waals surface area contributed by atoms with Gasteiger partial charge in [0.2, 0.25) is 5.91 Å². The molecule has 2 N–H and O–H groups in total. The first-order valence-corrected chi connectivity index (χ1v) is 9.55. The fourth-order valence-electron chi connectivity index (χ4n) is 4.11. The molecular formula is C20H31N3O2. The van der Waals surface area contributed by atoms with Gasteiger partial charge in [-0.2, -0.15) is 0 Å². The number of amides is 1. The number of carbonyl (C=O) groups excluding carboxylic acids is 1. The number of carbonyl (C=O) groups is 1. The van der Waals surface area contributed by atoms with E-state index in [2.05, 4.69) is 27.2 Å². The molecule has 0 radical (unpaired) electrons. The van der Waals surface area contributed by atoms with Crippen molar-refractivity contribution in [1.29, 1.82) is 0 Å². The van der Waals surface area contributed by atoms with Crippen LogP contribution in [0.25, 0.3) is 0 Å². The van der Waals surface area contributed by atoms with Crippen molar-refractivity contribution in [3.8, 4) is 0 Å². The molecule has 2 aliphatic rings. The van der Waals surface area contributed by atoms with Crippen molar-refractivity contribution < 1.29 is 9.90 Å². The molecule has 1 aromatic carbocycles. The zero-order chi connectivity index (χ0) is 17.9. The zero-order valence-corrected chi connectivity index (χ0v) is 15.5. The molecule has 1 atom stereocenters. The van der Waals surface area contributed by atoms with Gasteiger partial charge in [-0.25, -0.2) is 0 Å². The number of anilines is 2. The number of likely N-dealkylation sites (tertiary alicyclic amines) is 1.